The highest BCUT2D eigenvalue weighted by Crippen LogP contribution is 2.42. The van der Waals surface area contributed by atoms with Gasteiger partial charge in [0.25, 0.3) is 0 Å². The van der Waals surface area contributed by atoms with E-state index >= 15 is 0 Å². The fraction of sp³-hybridized carbons (Fsp3) is 0.409. The van der Waals surface area contributed by atoms with Gasteiger partial charge in [0, 0.05) is 35.7 Å². The highest BCUT2D eigenvalue weighted by molar-refractivity contribution is 6.31. The van der Waals surface area contributed by atoms with E-state index in [1.165, 1.54) is 0 Å². The number of carbonyl (C=O) groups is 1. The molecule has 2 atom stereocenters. The van der Waals surface area contributed by atoms with Crippen LogP contribution >= 0.6 is 11.6 Å². The van der Waals surface area contributed by atoms with E-state index in [0.29, 0.717) is 35.9 Å². The molecule has 2 aromatic rings. The van der Waals surface area contributed by atoms with Crippen molar-refractivity contribution in [3.8, 4) is 11.5 Å². The molecule has 7 heteroatoms. The summed E-state index contributed by atoms with van der Waals surface area (Å²) >= 11 is 6.39. The standard InChI is InChI=1S/C22H24ClNO5/c23-15-11-17-20(29-19-6-2-1-4-14(19)10-21(25)26)7-9-28-22(17)18(12-15)24-13-16-5-3-8-27-16/h1-2,4,6,11-12,16,20,24H,3,5,7-10,13H2,(H,25,26)/t16-,20?/m1/s1. The number of nitrogens with one attached hydrogen (secondary N) is 1. The highest BCUT2D eigenvalue weighted by atomic mass is 35.5. The van der Waals surface area contributed by atoms with Crippen molar-refractivity contribution in [2.24, 2.45) is 0 Å². The Kier molecular flexibility index (Phi) is 6.11. The van der Waals surface area contributed by atoms with E-state index in [-0.39, 0.29) is 18.6 Å². The molecule has 1 saturated heterocycles. The number of carboxylic acid groups (broad SMARTS) is 1. The predicted octanol–water partition coefficient (Wildman–Crippen LogP) is 4.46. The number of benzene rings is 2. The van der Waals surface area contributed by atoms with Crippen LogP contribution in [-0.4, -0.2) is 36.9 Å². The van der Waals surface area contributed by atoms with Crippen LogP contribution in [0.4, 0.5) is 5.69 Å². The topological polar surface area (TPSA) is 77.0 Å². The van der Waals surface area contributed by atoms with Crippen molar-refractivity contribution in [3.63, 3.8) is 0 Å². The van der Waals surface area contributed by atoms with Crippen LogP contribution in [0, 0.1) is 0 Å². The minimum absolute atomic E-state index is 0.0873. The summed E-state index contributed by atoms with van der Waals surface area (Å²) in [6.07, 6.45) is 2.62. The van der Waals surface area contributed by atoms with Gasteiger partial charge in [0.05, 0.1) is 24.8 Å². The van der Waals surface area contributed by atoms with Crippen LogP contribution in [0.2, 0.25) is 5.02 Å². The fourth-order valence-electron chi connectivity index (χ4n) is 3.80. The van der Waals surface area contributed by atoms with Crippen LogP contribution in [0.15, 0.2) is 36.4 Å². The Morgan fingerprint density at radius 1 is 1.24 bits per heavy atom. The van der Waals surface area contributed by atoms with Gasteiger partial charge in [-0.05, 0) is 31.0 Å². The first-order valence-electron chi connectivity index (χ1n) is 9.88. The number of para-hydroxylation sites is 1. The number of hydrogen-bond donors (Lipinski definition) is 2. The van der Waals surface area contributed by atoms with Crippen molar-refractivity contribution in [2.75, 3.05) is 25.1 Å². The molecular formula is C22H24ClNO5. The van der Waals surface area contributed by atoms with E-state index in [4.69, 9.17) is 30.9 Å². The van der Waals surface area contributed by atoms with Crippen molar-refractivity contribution in [1.29, 1.82) is 0 Å². The molecule has 2 aromatic carbocycles. The summed E-state index contributed by atoms with van der Waals surface area (Å²) in [6, 6.07) is 10.9. The second kappa shape index (κ2) is 8.93. The van der Waals surface area contributed by atoms with Crippen molar-refractivity contribution in [2.45, 2.75) is 37.9 Å². The van der Waals surface area contributed by atoms with E-state index in [9.17, 15) is 4.79 Å². The third kappa shape index (κ3) is 4.77. The highest BCUT2D eigenvalue weighted by Gasteiger charge is 2.27. The lowest BCUT2D eigenvalue weighted by Gasteiger charge is -2.29. The number of fused-ring (bicyclic) bond motifs is 1. The SMILES string of the molecule is O=C(O)Cc1ccccc1OC1CCOc2c(NC[C@H]3CCCO3)cc(Cl)cc21. The van der Waals surface area contributed by atoms with Gasteiger partial charge in [0.2, 0.25) is 0 Å². The van der Waals surface area contributed by atoms with E-state index in [0.717, 1.165) is 36.4 Å². The normalized spacial score (nSPS) is 20.6. The Morgan fingerprint density at radius 3 is 2.90 bits per heavy atom. The number of anilines is 1. The maximum Gasteiger partial charge on any atom is 0.307 e. The smallest absolute Gasteiger partial charge is 0.307 e. The molecule has 0 spiro atoms. The lowest BCUT2D eigenvalue weighted by atomic mass is 10.0. The van der Waals surface area contributed by atoms with E-state index in [2.05, 4.69) is 5.32 Å². The van der Waals surface area contributed by atoms with Gasteiger partial charge in [-0.3, -0.25) is 4.79 Å². The summed E-state index contributed by atoms with van der Waals surface area (Å²) in [4.78, 5) is 11.2. The molecular weight excluding hydrogens is 394 g/mol. The number of ether oxygens (including phenoxy) is 3. The van der Waals surface area contributed by atoms with Crippen molar-refractivity contribution < 1.29 is 24.1 Å². The van der Waals surface area contributed by atoms with Gasteiger partial charge in [-0.25, -0.2) is 0 Å². The summed E-state index contributed by atoms with van der Waals surface area (Å²) in [5.74, 6) is 0.415. The zero-order valence-corrected chi connectivity index (χ0v) is 16.8. The number of hydrogen-bond acceptors (Lipinski definition) is 5. The van der Waals surface area contributed by atoms with Gasteiger partial charge >= 0.3 is 5.97 Å². The fourth-order valence-corrected chi connectivity index (χ4v) is 4.03. The number of halogens is 1. The molecule has 0 aromatic heterocycles. The Bertz CT molecular complexity index is 882. The molecule has 0 bridgehead atoms. The van der Waals surface area contributed by atoms with E-state index in [1.807, 2.05) is 24.3 Å². The summed E-state index contributed by atoms with van der Waals surface area (Å²) in [7, 11) is 0. The second-order valence-corrected chi connectivity index (χ2v) is 7.75. The zero-order chi connectivity index (χ0) is 20.2. The lowest BCUT2D eigenvalue weighted by Crippen LogP contribution is -2.22. The van der Waals surface area contributed by atoms with E-state index in [1.54, 1.807) is 12.1 Å². The van der Waals surface area contributed by atoms with Crippen molar-refractivity contribution in [1.82, 2.24) is 0 Å². The molecule has 2 heterocycles. The first kappa shape index (κ1) is 19.9. The van der Waals surface area contributed by atoms with Gasteiger partial charge in [0.1, 0.15) is 17.6 Å². The summed E-state index contributed by atoms with van der Waals surface area (Å²) in [5.41, 5.74) is 2.34. The predicted molar refractivity (Wildman–Crippen MR) is 110 cm³/mol. The molecule has 0 aliphatic carbocycles. The van der Waals surface area contributed by atoms with E-state index < -0.39 is 5.97 Å². The monoisotopic (exact) mass is 417 g/mol. The van der Waals surface area contributed by atoms with Crippen LogP contribution < -0.4 is 14.8 Å². The third-order valence-electron chi connectivity index (χ3n) is 5.18. The Balaban J connectivity index is 1.57. The zero-order valence-electron chi connectivity index (χ0n) is 16.0. The largest absolute Gasteiger partial charge is 0.491 e. The van der Waals surface area contributed by atoms with Crippen molar-refractivity contribution >= 4 is 23.3 Å². The molecule has 4 rings (SSSR count). The Labute approximate surface area is 174 Å². The molecule has 1 fully saturated rings. The minimum atomic E-state index is -0.892. The Morgan fingerprint density at radius 2 is 2.10 bits per heavy atom. The quantitative estimate of drug-likeness (QED) is 0.692. The molecule has 2 aliphatic heterocycles. The van der Waals surface area contributed by atoms with Gasteiger partial charge in [-0.1, -0.05) is 29.8 Å². The number of carboxylic acids is 1. The third-order valence-corrected chi connectivity index (χ3v) is 5.40. The van der Waals surface area contributed by atoms with Gasteiger partial charge in [-0.15, -0.1) is 0 Å². The molecule has 1 unspecified atom stereocenters. The van der Waals surface area contributed by atoms with Crippen LogP contribution in [0.3, 0.4) is 0 Å². The first-order valence-corrected chi connectivity index (χ1v) is 10.3. The molecule has 2 aliphatic rings. The maximum absolute atomic E-state index is 11.2. The van der Waals surface area contributed by atoms with Crippen LogP contribution in [0.25, 0.3) is 0 Å². The molecule has 29 heavy (non-hydrogen) atoms. The molecule has 0 saturated carbocycles. The van der Waals surface area contributed by atoms with Crippen LogP contribution in [0.1, 0.15) is 36.5 Å². The Hall–Kier alpha value is -2.44. The minimum Gasteiger partial charge on any atom is -0.491 e. The molecule has 0 radical (unpaired) electrons. The number of aliphatic carboxylic acids is 1. The van der Waals surface area contributed by atoms with Crippen LogP contribution in [-0.2, 0) is 16.0 Å². The van der Waals surface area contributed by atoms with Gasteiger partial charge in [0.15, 0.2) is 0 Å². The number of rotatable bonds is 7. The summed E-state index contributed by atoms with van der Waals surface area (Å²) < 4.78 is 17.9. The maximum atomic E-state index is 11.2. The molecule has 0 amide bonds. The van der Waals surface area contributed by atoms with Crippen molar-refractivity contribution in [3.05, 3.63) is 52.5 Å². The average molecular weight is 418 g/mol. The average Bonchev–Trinajstić information content (AvgIpc) is 3.21. The molecule has 154 valence electrons. The summed E-state index contributed by atoms with van der Waals surface area (Å²) in [6.45, 7) is 2.01. The molecule has 2 N–H and O–H groups in total. The summed E-state index contributed by atoms with van der Waals surface area (Å²) in [5, 5.41) is 13.2. The van der Waals surface area contributed by atoms with Gasteiger partial charge in [-0.2, -0.15) is 0 Å². The first-order chi connectivity index (χ1) is 14.1. The molecule has 6 nitrogen and oxygen atoms in total. The van der Waals surface area contributed by atoms with Gasteiger partial charge < -0.3 is 24.6 Å². The second-order valence-electron chi connectivity index (χ2n) is 7.31. The van der Waals surface area contributed by atoms with Crippen LogP contribution in [0.5, 0.6) is 11.5 Å². The lowest BCUT2D eigenvalue weighted by molar-refractivity contribution is -0.136.